The normalized spacial score (nSPS) is 20.0. The third-order valence-corrected chi connectivity index (χ3v) is 6.57. The summed E-state index contributed by atoms with van der Waals surface area (Å²) in [7, 11) is -3.87. The molecular weight excluding hydrogens is 406 g/mol. The third-order valence-electron chi connectivity index (χ3n) is 4.94. The van der Waals surface area contributed by atoms with Gasteiger partial charge in [0.25, 0.3) is 0 Å². The first-order chi connectivity index (χ1) is 14.1. The molecule has 2 atom stereocenters. The standard InChI is InChI=1S/C21H29N3O5S/c1-14(2)22-20(25)13-30(27,28)19-11-23(18-8-6-5-7-17(18)19)12-21(26)24-9-15(3)29-16(4)10-24/h5-8,11,14-16H,9-10,12-13H2,1-4H3,(H,22,25). The van der Waals surface area contributed by atoms with Gasteiger partial charge in [-0.25, -0.2) is 8.42 Å². The van der Waals surface area contributed by atoms with Crippen LogP contribution < -0.4 is 5.32 Å². The Labute approximate surface area is 177 Å². The number of benzene rings is 1. The molecule has 9 heteroatoms. The predicted octanol–water partition coefficient (Wildman–Crippen LogP) is 1.58. The van der Waals surface area contributed by atoms with E-state index in [-0.39, 0.29) is 35.6 Å². The summed E-state index contributed by atoms with van der Waals surface area (Å²) in [6, 6.07) is 6.87. The van der Waals surface area contributed by atoms with Crippen LogP contribution in [0.25, 0.3) is 10.9 Å². The summed E-state index contributed by atoms with van der Waals surface area (Å²) in [5.74, 6) is -1.28. The number of sulfone groups is 1. The van der Waals surface area contributed by atoms with Crippen LogP contribution in [0.2, 0.25) is 0 Å². The molecule has 0 spiro atoms. The largest absolute Gasteiger partial charge is 0.372 e. The molecule has 1 saturated heterocycles. The van der Waals surface area contributed by atoms with E-state index < -0.39 is 21.5 Å². The highest BCUT2D eigenvalue weighted by molar-refractivity contribution is 7.92. The first-order valence-electron chi connectivity index (χ1n) is 10.1. The molecule has 2 heterocycles. The first-order valence-corrected chi connectivity index (χ1v) is 11.7. The van der Waals surface area contributed by atoms with Gasteiger partial charge in [0, 0.05) is 36.2 Å². The maximum Gasteiger partial charge on any atom is 0.242 e. The molecule has 1 fully saturated rings. The lowest BCUT2D eigenvalue weighted by atomic mass is 10.2. The molecule has 0 aliphatic carbocycles. The minimum Gasteiger partial charge on any atom is -0.372 e. The number of para-hydroxylation sites is 1. The van der Waals surface area contributed by atoms with Crippen molar-refractivity contribution in [3.8, 4) is 0 Å². The number of amides is 2. The summed E-state index contributed by atoms with van der Waals surface area (Å²) in [4.78, 5) is 26.8. The minimum absolute atomic E-state index is 0.0215. The lowest BCUT2D eigenvalue weighted by molar-refractivity contribution is -0.143. The Hall–Kier alpha value is -2.39. The van der Waals surface area contributed by atoms with E-state index in [1.54, 1.807) is 47.6 Å². The van der Waals surface area contributed by atoms with Gasteiger partial charge in [-0.3, -0.25) is 9.59 Å². The summed E-state index contributed by atoms with van der Waals surface area (Å²) in [6.07, 6.45) is 1.37. The number of rotatable bonds is 6. The first kappa shape index (κ1) is 22.3. The highest BCUT2D eigenvalue weighted by Crippen LogP contribution is 2.26. The van der Waals surface area contributed by atoms with Gasteiger partial charge in [0.05, 0.1) is 17.1 Å². The van der Waals surface area contributed by atoms with Crippen molar-refractivity contribution in [1.82, 2.24) is 14.8 Å². The molecule has 1 aliphatic rings. The predicted molar refractivity (Wildman–Crippen MR) is 114 cm³/mol. The van der Waals surface area contributed by atoms with Crippen molar-refractivity contribution in [3.63, 3.8) is 0 Å². The highest BCUT2D eigenvalue weighted by atomic mass is 32.2. The van der Waals surface area contributed by atoms with Crippen LogP contribution in [-0.2, 0) is 30.7 Å². The second-order valence-corrected chi connectivity index (χ2v) is 10.1. The van der Waals surface area contributed by atoms with E-state index in [4.69, 9.17) is 4.74 Å². The Kier molecular flexibility index (Phi) is 6.52. The van der Waals surface area contributed by atoms with Crippen molar-refractivity contribution < 1.29 is 22.7 Å². The van der Waals surface area contributed by atoms with Gasteiger partial charge in [0.15, 0.2) is 9.84 Å². The molecule has 164 valence electrons. The second-order valence-electron chi connectivity index (χ2n) is 8.18. The van der Waals surface area contributed by atoms with Crippen LogP contribution in [0.3, 0.4) is 0 Å². The summed E-state index contributed by atoms with van der Waals surface area (Å²) in [5, 5.41) is 3.12. The minimum atomic E-state index is -3.87. The van der Waals surface area contributed by atoms with Crippen molar-refractivity contribution >= 4 is 32.6 Å². The molecule has 0 radical (unpaired) electrons. The number of hydrogen-bond acceptors (Lipinski definition) is 5. The summed E-state index contributed by atoms with van der Waals surface area (Å²) in [5.41, 5.74) is 0.642. The van der Waals surface area contributed by atoms with Crippen molar-refractivity contribution in [2.45, 2.75) is 57.4 Å². The Balaban J connectivity index is 1.89. The van der Waals surface area contributed by atoms with Crippen LogP contribution in [0.4, 0.5) is 0 Å². The molecule has 2 unspecified atom stereocenters. The molecule has 1 aromatic heterocycles. The van der Waals surface area contributed by atoms with E-state index in [1.165, 1.54) is 6.20 Å². The van der Waals surface area contributed by atoms with E-state index >= 15 is 0 Å². The van der Waals surface area contributed by atoms with E-state index in [0.717, 1.165) is 0 Å². The highest BCUT2D eigenvalue weighted by Gasteiger charge is 2.28. The van der Waals surface area contributed by atoms with Crippen molar-refractivity contribution in [2.75, 3.05) is 18.8 Å². The lowest BCUT2D eigenvalue weighted by Gasteiger charge is -2.35. The van der Waals surface area contributed by atoms with Gasteiger partial charge in [0.2, 0.25) is 11.8 Å². The van der Waals surface area contributed by atoms with Gasteiger partial charge < -0.3 is 19.5 Å². The number of aromatic nitrogens is 1. The van der Waals surface area contributed by atoms with E-state index in [2.05, 4.69) is 5.32 Å². The van der Waals surface area contributed by atoms with E-state index in [9.17, 15) is 18.0 Å². The number of hydrogen-bond donors (Lipinski definition) is 1. The molecule has 3 rings (SSSR count). The molecule has 2 amide bonds. The van der Waals surface area contributed by atoms with Crippen LogP contribution in [0.5, 0.6) is 0 Å². The lowest BCUT2D eigenvalue weighted by Crippen LogP contribution is -2.49. The maximum atomic E-state index is 12.9. The van der Waals surface area contributed by atoms with Gasteiger partial charge in [-0.2, -0.15) is 0 Å². The number of fused-ring (bicyclic) bond motifs is 1. The molecule has 1 N–H and O–H groups in total. The number of ether oxygens (including phenoxy) is 1. The topological polar surface area (TPSA) is 97.7 Å². The average molecular weight is 436 g/mol. The number of carbonyl (C=O) groups excluding carboxylic acids is 2. The summed E-state index contributed by atoms with van der Waals surface area (Å²) in [6.45, 7) is 8.42. The van der Waals surface area contributed by atoms with E-state index in [1.807, 2.05) is 13.8 Å². The summed E-state index contributed by atoms with van der Waals surface area (Å²) < 4.78 is 33.2. The number of nitrogens with one attached hydrogen (secondary N) is 1. The van der Waals surface area contributed by atoms with Crippen LogP contribution in [0.15, 0.2) is 35.4 Å². The molecule has 0 bridgehead atoms. The fourth-order valence-corrected chi connectivity index (χ4v) is 5.21. The molecule has 2 aromatic rings. The molecule has 0 saturated carbocycles. The van der Waals surface area contributed by atoms with Crippen LogP contribution >= 0.6 is 0 Å². The zero-order valence-corrected chi connectivity index (χ0v) is 18.6. The molecule has 8 nitrogen and oxygen atoms in total. The number of morpholine rings is 1. The van der Waals surface area contributed by atoms with Gasteiger partial charge in [-0.1, -0.05) is 18.2 Å². The van der Waals surface area contributed by atoms with Gasteiger partial charge in [0.1, 0.15) is 12.3 Å². The van der Waals surface area contributed by atoms with Crippen molar-refractivity contribution in [2.24, 2.45) is 0 Å². The van der Waals surface area contributed by atoms with Crippen LogP contribution in [-0.4, -0.2) is 66.8 Å². The molecule has 30 heavy (non-hydrogen) atoms. The van der Waals surface area contributed by atoms with Gasteiger partial charge in [-0.05, 0) is 33.8 Å². The zero-order chi connectivity index (χ0) is 22.1. The monoisotopic (exact) mass is 435 g/mol. The van der Waals surface area contributed by atoms with Crippen molar-refractivity contribution in [3.05, 3.63) is 30.5 Å². The molecule has 1 aromatic carbocycles. The Morgan fingerprint density at radius 1 is 1.17 bits per heavy atom. The fourth-order valence-electron chi connectivity index (χ4n) is 3.83. The average Bonchev–Trinajstić information content (AvgIpc) is 2.99. The zero-order valence-electron chi connectivity index (χ0n) is 17.8. The maximum absolute atomic E-state index is 12.9. The second kappa shape index (κ2) is 8.77. The SMILES string of the molecule is CC(C)NC(=O)CS(=O)(=O)c1cn(CC(=O)N2CC(C)OC(C)C2)c2ccccc12. The smallest absolute Gasteiger partial charge is 0.242 e. The van der Waals surface area contributed by atoms with Crippen molar-refractivity contribution in [1.29, 1.82) is 0 Å². The Morgan fingerprint density at radius 2 is 1.80 bits per heavy atom. The molecular formula is C21H29N3O5S. The van der Waals surface area contributed by atoms with Crippen LogP contribution in [0, 0.1) is 0 Å². The van der Waals surface area contributed by atoms with Gasteiger partial charge >= 0.3 is 0 Å². The fraction of sp³-hybridized carbons (Fsp3) is 0.524. The number of carbonyl (C=O) groups is 2. The van der Waals surface area contributed by atoms with E-state index in [0.29, 0.717) is 24.0 Å². The Morgan fingerprint density at radius 3 is 2.43 bits per heavy atom. The van der Waals surface area contributed by atoms with Gasteiger partial charge in [-0.15, -0.1) is 0 Å². The number of nitrogens with zero attached hydrogens (tertiary/aromatic N) is 2. The molecule has 1 aliphatic heterocycles. The Bertz CT molecular complexity index is 1030. The quantitative estimate of drug-likeness (QED) is 0.743. The van der Waals surface area contributed by atoms with Crippen LogP contribution in [0.1, 0.15) is 27.7 Å². The third kappa shape index (κ3) is 5.02. The summed E-state index contributed by atoms with van der Waals surface area (Å²) >= 11 is 0.